The van der Waals surface area contributed by atoms with Crippen LogP contribution in [0.5, 0.6) is 0 Å². The minimum Gasteiger partial charge on any atom is -0.395 e. The number of aliphatic hydroxyl groups excluding tert-OH is 1. The second kappa shape index (κ2) is 6.82. The summed E-state index contributed by atoms with van der Waals surface area (Å²) in [5, 5.41) is 12.4. The molecule has 0 bridgehead atoms. The van der Waals surface area contributed by atoms with Crippen LogP contribution in [-0.4, -0.2) is 52.8 Å². The molecule has 0 amide bonds. The molecule has 106 valence electrons. The van der Waals surface area contributed by atoms with Gasteiger partial charge in [-0.25, -0.2) is 4.98 Å². The molecule has 1 aliphatic rings. The first kappa shape index (κ1) is 14.2. The Hall–Kier alpha value is -1.20. The number of hydrogen-bond acceptors (Lipinski definition) is 5. The van der Waals surface area contributed by atoms with E-state index in [4.69, 9.17) is 5.11 Å². The number of anilines is 1. The molecule has 0 spiro atoms. The molecule has 0 aromatic carbocycles. The van der Waals surface area contributed by atoms with Crippen molar-refractivity contribution in [1.29, 1.82) is 0 Å². The van der Waals surface area contributed by atoms with Gasteiger partial charge in [0.05, 0.1) is 18.0 Å². The zero-order valence-corrected chi connectivity index (χ0v) is 11.9. The molecule has 0 saturated carbocycles. The van der Waals surface area contributed by atoms with Gasteiger partial charge < -0.3 is 15.3 Å². The van der Waals surface area contributed by atoms with Crippen molar-refractivity contribution in [2.24, 2.45) is 5.92 Å². The van der Waals surface area contributed by atoms with Gasteiger partial charge in [-0.2, -0.15) is 0 Å². The first-order chi connectivity index (χ1) is 9.19. The monoisotopic (exact) mass is 264 g/mol. The number of nitrogens with one attached hydrogen (secondary N) is 1. The highest BCUT2D eigenvalue weighted by Gasteiger charge is 2.18. The smallest absolute Gasteiger partial charge is 0.147 e. The highest BCUT2D eigenvalue weighted by Crippen LogP contribution is 2.18. The molecule has 0 aliphatic carbocycles. The second-order valence-corrected chi connectivity index (χ2v) is 5.33. The number of nitrogens with zero attached hydrogens (tertiary/aromatic N) is 3. The average Bonchev–Trinajstić information content (AvgIpc) is 2.42. The Morgan fingerprint density at radius 2 is 2.11 bits per heavy atom. The third-order valence-corrected chi connectivity index (χ3v) is 3.76. The summed E-state index contributed by atoms with van der Waals surface area (Å²) in [4.78, 5) is 11.1. The van der Waals surface area contributed by atoms with Crippen molar-refractivity contribution < 1.29 is 5.11 Å². The number of aromatic nitrogens is 2. The molecule has 5 nitrogen and oxygen atoms in total. The topological polar surface area (TPSA) is 61.3 Å². The lowest BCUT2D eigenvalue weighted by Gasteiger charge is -2.31. The van der Waals surface area contributed by atoms with Crippen LogP contribution in [0.4, 0.5) is 5.82 Å². The zero-order chi connectivity index (χ0) is 13.7. The van der Waals surface area contributed by atoms with Gasteiger partial charge >= 0.3 is 0 Å². The van der Waals surface area contributed by atoms with Crippen molar-refractivity contribution in [2.45, 2.75) is 26.7 Å². The van der Waals surface area contributed by atoms with Crippen LogP contribution < -0.4 is 5.32 Å². The Kier molecular flexibility index (Phi) is 5.10. The van der Waals surface area contributed by atoms with Crippen molar-refractivity contribution in [3.05, 3.63) is 17.6 Å². The van der Waals surface area contributed by atoms with E-state index in [1.165, 1.54) is 12.8 Å². The summed E-state index contributed by atoms with van der Waals surface area (Å²) in [6, 6.07) is 0. The summed E-state index contributed by atoms with van der Waals surface area (Å²) >= 11 is 0. The molecule has 2 N–H and O–H groups in total. The summed E-state index contributed by atoms with van der Waals surface area (Å²) in [7, 11) is 0. The van der Waals surface area contributed by atoms with Gasteiger partial charge in [0.1, 0.15) is 5.82 Å². The molecule has 2 rings (SSSR count). The largest absolute Gasteiger partial charge is 0.395 e. The predicted octanol–water partition coefficient (Wildman–Crippen LogP) is 1.21. The van der Waals surface area contributed by atoms with E-state index in [9.17, 15) is 0 Å². The van der Waals surface area contributed by atoms with Crippen molar-refractivity contribution >= 4 is 5.82 Å². The van der Waals surface area contributed by atoms with Crippen LogP contribution in [0.2, 0.25) is 0 Å². The summed E-state index contributed by atoms with van der Waals surface area (Å²) < 4.78 is 0. The molecular weight excluding hydrogens is 240 g/mol. The van der Waals surface area contributed by atoms with E-state index in [1.54, 1.807) is 6.20 Å². The van der Waals surface area contributed by atoms with Gasteiger partial charge in [0.25, 0.3) is 0 Å². The van der Waals surface area contributed by atoms with E-state index in [2.05, 4.69) is 20.2 Å². The number of likely N-dealkylation sites (tertiary alicyclic amines) is 1. The molecule has 0 radical (unpaired) electrons. The molecule has 1 saturated heterocycles. The van der Waals surface area contributed by atoms with E-state index in [1.807, 2.05) is 13.8 Å². The number of aliphatic hydroxyl groups is 1. The lowest BCUT2D eigenvalue weighted by molar-refractivity contribution is 0.151. The van der Waals surface area contributed by atoms with Gasteiger partial charge in [-0.15, -0.1) is 0 Å². The normalized spacial score (nSPS) is 17.6. The fourth-order valence-corrected chi connectivity index (χ4v) is 2.50. The molecule has 1 aromatic rings. The molecule has 19 heavy (non-hydrogen) atoms. The van der Waals surface area contributed by atoms with Crippen LogP contribution in [0.3, 0.4) is 0 Å². The van der Waals surface area contributed by atoms with Crippen molar-refractivity contribution in [2.75, 3.05) is 38.1 Å². The molecule has 1 aliphatic heterocycles. The lowest BCUT2D eigenvalue weighted by Crippen LogP contribution is -2.37. The molecule has 1 fully saturated rings. The maximum Gasteiger partial charge on any atom is 0.147 e. The van der Waals surface area contributed by atoms with E-state index in [0.29, 0.717) is 5.92 Å². The van der Waals surface area contributed by atoms with E-state index < -0.39 is 0 Å². The Morgan fingerprint density at radius 3 is 2.79 bits per heavy atom. The van der Waals surface area contributed by atoms with Gasteiger partial charge in [0, 0.05) is 19.3 Å². The standard InChI is InChI=1S/C14H24N4O/c1-11-9-15-12(2)14(17-11)16-10-13-3-5-18(6-4-13)7-8-19/h9,13,19H,3-8,10H2,1-2H3,(H,16,17). The van der Waals surface area contributed by atoms with Crippen LogP contribution in [0, 0.1) is 19.8 Å². The van der Waals surface area contributed by atoms with Crippen LogP contribution in [-0.2, 0) is 0 Å². The Morgan fingerprint density at radius 1 is 1.37 bits per heavy atom. The number of aryl methyl sites for hydroxylation is 2. The van der Waals surface area contributed by atoms with Gasteiger partial charge in [0.2, 0.25) is 0 Å². The third-order valence-electron chi connectivity index (χ3n) is 3.76. The minimum atomic E-state index is 0.265. The zero-order valence-electron chi connectivity index (χ0n) is 11.9. The average molecular weight is 264 g/mol. The van der Waals surface area contributed by atoms with Crippen molar-refractivity contribution in [3.63, 3.8) is 0 Å². The van der Waals surface area contributed by atoms with Gasteiger partial charge in [-0.05, 0) is 45.7 Å². The molecule has 1 aromatic heterocycles. The Balaban J connectivity index is 1.79. The van der Waals surface area contributed by atoms with Crippen LogP contribution in [0.15, 0.2) is 6.20 Å². The molecule has 0 unspecified atom stereocenters. The van der Waals surface area contributed by atoms with Crippen molar-refractivity contribution in [1.82, 2.24) is 14.9 Å². The fourth-order valence-electron chi connectivity index (χ4n) is 2.50. The summed E-state index contributed by atoms with van der Waals surface area (Å²) in [6.07, 6.45) is 4.17. The van der Waals surface area contributed by atoms with Crippen LogP contribution >= 0.6 is 0 Å². The highest BCUT2D eigenvalue weighted by atomic mass is 16.3. The van der Waals surface area contributed by atoms with E-state index in [0.717, 1.165) is 43.4 Å². The molecular formula is C14H24N4O. The SMILES string of the molecule is Cc1cnc(C)c(NCC2CCN(CCO)CC2)n1. The molecule has 0 atom stereocenters. The van der Waals surface area contributed by atoms with Crippen LogP contribution in [0.25, 0.3) is 0 Å². The lowest BCUT2D eigenvalue weighted by atomic mass is 9.97. The molecule has 5 heteroatoms. The van der Waals surface area contributed by atoms with E-state index >= 15 is 0 Å². The number of hydrogen-bond donors (Lipinski definition) is 2. The predicted molar refractivity (Wildman–Crippen MR) is 76.2 cm³/mol. The maximum atomic E-state index is 8.92. The maximum absolute atomic E-state index is 8.92. The fraction of sp³-hybridized carbons (Fsp3) is 0.714. The first-order valence-electron chi connectivity index (χ1n) is 7.06. The number of β-amino-alcohol motifs (C(OH)–C–C–N with tert-alkyl or cyclic N) is 1. The Bertz CT molecular complexity index is 402. The van der Waals surface area contributed by atoms with Gasteiger partial charge in [0.15, 0.2) is 0 Å². The van der Waals surface area contributed by atoms with Gasteiger partial charge in [-0.1, -0.05) is 0 Å². The second-order valence-electron chi connectivity index (χ2n) is 5.33. The summed E-state index contributed by atoms with van der Waals surface area (Å²) in [6.45, 7) is 8.16. The Labute approximate surface area is 115 Å². The van der Waals surface area contributed by atoms with E-state index in [-0.39, 0.29) is 6.61 Å². The number of rotatable bonds is 5. The quantitative estimate of drug-likeness (QED) is 0.837. The van der Waals surface area contributed by atoms with Gasteiger partial charge in [-0.3, -0.25) is 4.98 Å². The highest BCUT2D eigenvalue weighted by molar-refractivity contribution is 5.39. The summed E-state index contributed by atoms with van der Waals surface area (Å²) in [5.41, 5.74) is 1.91. The minimum absolute atomic E-state index is 0.265. The first-order valence-corrected chi connectivity index (χ1v) is 7.06. The number of piperidine rings is 1. The van der Waals surface area contributed by atoms with Crippen LogP contribution in [0.1, 0.15) is 24.2 Å². The molecule has 2 heterocycles. The third kappa shape index (κ3) is 4.14. The summed E-state index contributed by atoms with van der Waals surface area (Å²) in [5.74, 6) is 1.61. The van der Waals surface area contributed by atoms with Crippen molar-refractivity contribution in [3.8, 4) is 0 Å².